The van der Waals surface area contributed by atoms with Crippen LogP contribution in [-0.4, -0.2) is 91.9 Å². The summed E-state index contributed by atoms with van der Waals surface area (Å²) in [5, 5.41) is 45.3. The number of nitrogens with one attached hydrogen (secondary N) is 1. The Morgan fingerprint density at radius 1 is 1.37 bits per heavy atom. The zero-order valence-electron chi connectivity index (χ0n) is 14.9. The maximum atomic E-state index is 13.1. The van der Waals surface area contributed by atoms with Gasteiger partial charge in [0.25, 0.3) is 5.91 Å². The predicted octanol–water partition coefficient (Wildman–Crippen LogP) is -2.54. The van der Waals surface area contributed by atoms with E-state index >= 15 is 0 Å². The van der Waals surface area contributed by atoms with E-state index in [4.69, 9.17) is 14.2 Å². The van der Waals surface area contributed by atoms with Crippen molar-refractivity contribution in [3.8, 4) is 0 Å². The van der Waals surface area contributed by atoms with E-state index < -0.39 is 58.0 Å². The van der Waals surface area contributed by atoms with Crippen LogP contribution in [0.5, 0.6) is 0 Å². The summed E-state index contributed by atoms with van der Waals surface area (Å²) in [6.45, 7) is 2.45. The van der Waals surface area contributed by atoms with E-state index in [2.05, 4.69) is 5.32 Å². The van der Waals surface area contributed by atoms with Crippen LogP contribution in [0.25, 0.3) is 0 Å². The number of esters is 1. The van der Waals surface area contributed by atoms with Gasteiger partial charge in [-0.15, -0.1) is 11.8 Å². The van der Waals surface area contributed by atoms with Crippen molar-refractivity contribution in [2.75, 3.05) is 25.6 Å². The molecule has 10 nitrogen and oxygen atoms in total. The molecule has 1 amide bonds. The van der Waals surface area contributed by atoms with Crippen molar-refractivity contribution in [1.29, 1.82) is 0 Å². The van der Waals surface area contributed by atoms with Crippen molar-refractivity contribution in [1.82, 2.24) is 5.32 Å². The first-order valence-electron chi connectivity index (χ1n) is 8.76. The van der Waals surface area contributed by atoms with Crippen LogP contribution in [-0.2, 0) is 23.8 Å². The van der Waals surface area contributed by atoms with Gasteiger partial charge in [0.1, 0.15) is 17.0 Å². The van der Waals surface area contributed by atoms with Crippen molar-refractivity contribution in [3.05, 3.63) is 0 Å². The van der Waals surface area contributed by atoms with Crippen molar-refractivity contribution in [2.45, 2.75) is 54.3 Å². The molecule has 0 aliphatic carbocycles. The Labute approximate surface area is 159 Å². The molecule has 0 radical (unpaired) electrons. The predicted molar refractivity (Wildman–Crippen MR) is 89.2 cm³/mol. The molecule has 2 bridgehead atoms. The maximum absolute atomic E-state index is 13.1. The van der Waals surface area contributed by atoms with Gasteiger partial charge in [-0.2, -0.15) is 0 Å². The van der Waals surface area contributed by atoms with E-state index in [1.54, 1.807) is 6.92 Å². The second-order valence-electron chi connectivity index (χ2n) is 7.77. The smallest absolute Gasteiger partial charge is 0.322 e. The van der Waals surface area contributed by atoms with Gasteiger partial charge in [-0.05, 0) is 20.3 Å². The van der Waals surface area contributed by atoms with E-state index in [9.17, 15) is 30.0 Å². The quantitative estimate of drug-likeness (QED) is 0.310. The Morgan fingerprint density at radius 3 is 2.74 bits per heavy atom. The lowest BCUT2D eigenvalue weighted by Crippen LogP contribution is -2.93. The molecule has 4 saturated heterocycles. The van der Waals surface area contributed by atoms with E-state index in [1.165, 1.54) is 6.92 Å². The Kier molecular flexibility index (Phi) is 3.99. The number of ether oxygens (including phenoxy) is 3. The highest BCUT2D eigenvalue weighted by atomic mass is 32.2. The summed E-state index contributed by atoms with van der Waals surface area (Å²) in [5.41, 5.74) is -7.98. The standard InChI is InChI=1S/C16H23NO9S/c1-3-24-9(18)8-14(22)11(20)17-15-10(19)12(2,21)6-26-16(15,23)13(14,7-27-8)4-5-25-15/h8,10,19,21-23H,3-7H2,1-2H3,(H,17,20)/t8-,10+,12+,13-,14+,15+,16+/m1/s1. The first kappa shape index (κ1) is 19.4. The minimum absolute atomic E-state index is 0.00310. The van der Waals surface area contributed by atoms with Gasteiger partial charge >= 0.3 is 5.97 Å². The van der Waals surface area contributed by atoms with E-state index in [1.807, 2.05) is 0 Å². The van der Waals surface area contributed by atoms with Crippen LogP contribution in [0.1, 0.15) is 20.3 Å². The van der Waals surface area contributed by atoms with Crippen LogP contribution in [0.2, 0.25) is 0 Å². The molecule has 0 aromatic carbocycles. The Bertz CT molecular complexity index is 703. The Morgan fingerprint density at radius 2 is 2.07 bits per heavy atom. The van der Waals surface area contributed by atoms with Gasteiger partial charge in [0.2, 0.25) is 11.5 Å². The molecule has 5 N–H and O–H groups in total. The second kappa shape index (κ2) is 5.56. The molecule has 27 heavy (non-hydrogen) atoms. The van der Waals surface area contributed by atoms with Gasteiger partial charge in [0.15, 0.2) is 5.60 Å². The molecule has 4 fully saturated rings. The molecule has 152 valence electrons. The van der Waals surface area contributed by atoms with Crippen molar-refractivity contribution in [3.63, 3.8) is 0 Å². The highest BCUT2D eigenvalue weighted by Crippen LogP contribution is 2.66. The van der Waals surface area contributed by atoms with E-state index in [0.717, 1.165) is 11.8 Å². The largest absolute Gasteiger partial charge is 0.465 e. The third-order valence-corrected chi connectivity index (χ3v) is 7.84. The first-order chi connectivity index (χ1) is 12.5. The number of carbonyl (C=O) groups is 2. The summed E-state index contributed by atoms with van der Waals surface area (Å²) >= 11 is 0.985. The van der Waals surface area contributed by atoms with Crippen molar-refractivity contribution < 1.29 is 44.2 Å². The molecular weight excluding hydrogens is 382 g/mol. The zero-order chi connectivity index (χ0) is 19.9. The molecular formula is C16H23NO9S. The molecule has 0 saturated carbocycles. The molecule has 0 aromatic heterocycles. The second-order valence-corrected chi connectivity index (χ2v) is 8.87. The summed E-state index contributed by atoms with van der Waals surface area (Å²) in [4.78, 5) is 25.5. The third kappa shape index (κ3) is 1.93. The number of amides is 1. The Balaban J connectivity index is 1.88. The summed E-state index contributed by atoms with van der Waals surface area (Å²) in [7, 11) is 0. The fraction of sp³-hybridized carbons (Fsp3) is 0.875. The number of hydrogen-bond donors (Lipinski definition) is 5. The molecule has 4 heterocycles. The third-order valence-electron chi connectivity index (χ3n) is 6.31. The zero-order valence-corrected chi connectivity index (χ0v) is 15.7. The summed E-state index contributed by atoms with van der Waals surface area (Å²) in [6, 6.07) is 0. The minimum Gasteiger partial charge on any atom is -0.465 e. The fourth-order valence-corrected chi connectivity index (χ4v) is 6.65. The number of carbonyl (C=O) groups excluding carboxylic acids is 2. The van der Waals surface area contributed by atoms with Gasteiger partial charge < -0.3 is 40.0 Å². The maximum Gasteiger partial charge on any atom is 0.322 e. The molecule has 1 spiro atoms. The number of aliphatic hydroxyl groups excluding tert-OH is 1. The van der Waals surface area contributed by atoms with Crippen molar-refractivity contribution in [2.24, 2.45) is 5.41 Å². The molecule has 0 unspecified atom stereocenters. The number of hydrogen-bond acceptors (Lipinski definition) is 10. The van der Waals surface area contributed by atoms with E-state index in [-0.39, 0.29) is 25.4 Å². The number of piperidine rings is 1. The molecule has 11 heteroatoms. The normalized spacial score (nSPS) is 53.9. The van der Waals surface area contributed by atoms with Crippen LogP contribution >= 0.6 is 11.8 Å². The lowest BCUT2D eigenvalue weighted by molar-refractivity contribution is -0.469. The minimum atomic E-state index is -2.36. The van der Waals surface area contributed by atoms with Gasteiger partial charge in [0, 0.05) is 5.75 Å². The van der Waals surface area contributed by atoms with Crippen LogP contribution < -0.4 is 5.32 Å². The highest BCUT2D eigenvalue weighted by molar-refractivity contribution is 8.01. The average molecular weight is 405 g/mol. The summed E-state index contributed by atoms with van der Waals surface area (Å²) in [5.74, 6) is -4.13. The van der Waals surface area contributed by atoms with Crippen LogP contribution in [0.15, 0.2) is 0 Å². The fourth-order valence-electron chi connectivity index (χ4n) is 4.86. The summed E-state index contributed by atoms with van der Waals surface area (Å²) < 4.78 is 16.2. The summed E-state index contributed by atoms with van der Waals surface area (Å²) in [6.07, 6.45) is -1.73. The lowest BCUT2D eigenvalue weighted by Gasteiger charge is -2.68. The SMILES string of the molecule is CCOC(=O)[C@H]1SC[C@]23CCO[C@@]4(NC(=O)[C@@]12O)[C@@H](O)[C@@](C)(O)CO[C@@]34O. The van der Waals surface area contributed by atoms with Crippen LogP contribution in [0.4, 0.5) is 0 Å². The van der Waals surface area contributed by atoms with Crippen LogP contribution in [0.3, 0.4) is 0 Å². The molecule has 4 aliphatic rings. The van der Waals surface area contributed by atoms with Gasteiger partial charge in [-0.25, -0.2) is 0 Å². The average Bonchev–Trinajstić information content (AvgIpc) is 2.90. The lowest BCUT2D eigenvalue weighted by atomic mass is 9.54. The topological polar surface area (TPSA) is 155 Å². The molecule has 4 aliphatic heterocycles. The van der Waals surface area contributed by atoms with Gasteiger partial charge in [-0.1, -0.05) is 0 Å². The Hall–Kier alpha value is -0.950. The number of thioether (sulfide) groups is 1. The highest BCUT2D eigenvalue weighted by Gasteiger charge is 2.87. The van der Waals surface area contributed by atoms with Gasteiger partial charge in [-0.3, -0.25) is 9.59 Å². The number of rotatable bonds is 2. The molecule has 0 aromatic rings. The monoisotopic (exact) mass is 405 g/mol. The first-order valence-corrected chi connectivity index (χ1v) is 9.81. The van der Waals surface area contributed by atoms with E-state index in [0.29, 0.717) is 0 Å². The van der Waals surface area contributed by atoms with Crippen LogP contribution in [0, 0.1) is 5.41 Å². The van der Waals surface area contributed by atoms with Gasteiger partial charge in [0.05, 0.1) is 25.2 Å². The molecule has 7 atom stereocenters. The molecule has 4 rings (SSSR count). The van der Waals surface area contributed by atoms with Crippen molar-refractivity contribution >= 4 is 23.6 Å². The number of aliphatic hydroxyl groups is 4.